The van der Waals surface area contributed by atoms with Crippen molar-refractivity contribution in [3.63, 3.8) is 0 Å². The first-order chi connectivity index (χ1) is 11.1. The van der Waals surface area contributed by atoms with Gasteiger partial charge in [-0.25, -0.2) is 0 Å². The normalized spacial score (nSPS) is 22.0. The molecule has 1 saturated heterocycles. The van der Waals surface area contributed by atoms with Gasteiger partial charge in [0.25, 0.3) is 5.91 Å². The second-order valence-electron chi connectivity index (χ2n) is 6.14. The molecule has 1 aromatic carbocycles. The summed E-state index contributed by atoms with van der Waals surface area (Å²) in [6, 6.07) is 12.4. The molecule has 0 bridgehead atoms. The van der Waals surface area contributed by atoms with Crippen molar-refractivity contribution in [3.8, 4) is 0 Å². The zero-order valence-electron chi connectivity index (χ0n) is 13.2. The van der Waals surface area contributed by atoms with E-state index in [-0.39, 0.29) is 11.9 Å². The Morgan fingerprint density at radius 3 is 2.87 bits per heavy atom. The van der Waals surface area contributed by atoms with E-state index < -0.39 is 0 Å². The molecule has 2 heterocycles. The molecule has 1 aliphatic heterocycles. The molecule has 0 aliphatic carbocycles. The maximum atomic E-state index is 12.4. The van der Waals surface area contributed by atoms with Crippen LogP contribution < -0.4 is 10.2 Å². The molecular formula is C18H22ClN2OS+. The number of hydrogen-bond donors (Lipinski definition) is 2. The highest BCUT2D eigenvalue weighted by atomic mass is 35.5. The molecule has 0 saturated carbocycles. The molecule has 3 nitrogen and oxygen atoms in total. The minimum absolute atomic E-state index is 0.00181. The maximum absolute atomic E-state index is 12.4. The van der Waals surface area contributed by atoms with Crippen molar-refractivity contribution >= 4 is 28.8 Å². The Hall–Kier alpha value is -1.36. The fraction of sp³-hybridized carbons (Fsp3) is 0.389. The molecule has 2 aromatic rings. The summed E-state index contributed by atoms with van der Waals surface area (Å²) in [7, 11) is 0. The Bertz CT molecular complexity index is 642. The van der Waals surface area contributed by atoms with Crippen LogP contribution in [0.4, 0.5) is 0 Å². The van der Waals surface area contributed by atoms with Crippen LogP contribution in [0.15, 0.2) is 41.8 Å². The van der Waals surface area contributed by atoms with Gasteiger partial charge >= 0.3 is 0 Å². The molecule has 2 N–H and O–H groups in total. The number of quaternary nitrogens is 1. The summed E-state index contributed by atoms with van der Waals surface area (Å²) >= 11 is 7.71. The van der Waals surface area contributed by atoms with Crippen molar-refractivity contribution in [2.75, 3.05) is 13.1 Å². The number of benzene rings is 1. The number of likely N-dealkylation sites (tertiary alicyclic amines) is 1. The molecule has 1 aliphatic rings. The predicted octanol–water partition coefficient (Wildman–Crippen LogP) is 3.00. The van der Waals surface area contributed by atoms with Crippen molar-refractivity contribution in [1.29, 1.82) is 0 Å². The summed E-state index contributed by atoms with van der Waals surface area (Å²) in [6.07, 6.45) is 2.37. The Labute approximate surface area is 146 Å². The third kappa shape index (κ3) is 4.14. The molecule has 122 valence electrons. The highest BCUT2D eigenvalue weighted by Gasteiger charge is 2.32. The topological polar surface area (TPSA) is 33.5 Å². The Balaban J connectivity index is 1.57. The van der Waals surface area contributed by atoms with Crippen molar-refractivity contribution in [2.24, 2.45) is 0 Å². The van der Waals surface area contributed by atoms with E-state index in [9.17, 15) is 4.79 Å². The van der Waals surface area contributed by atoms with Crippen LogP contribution in [0.25, 0.3) is 0 Å². The van der Waals surface area contributed by atoms with E-state index in [0.717, 1.165) is 12.1 Å². The highest BCUT2D eigenvalue weighted by Crippen LogP contribution is 2.23. The fourth-order valence-corrected chi connectivity index (χ4v) is 4.34. The SMILES string of the molecule is C[C@H](NC(=O)C[NH+]1CCC[C@@H]1c1cccs1)c1ccc(Cl)cc1. The fourth-order valence-electron chi connectivity index (χ4n) is 3.29. The highest BCUT2D eigenvalue weighted by molar-refractivity contribution is 7.10. The van der Waals surface area contributed by atoms with Gasteiger partial charge in [-0.05, 0) is 36.1 Å². The summed E-state index contributed by atoms with van der Waals surface area (Å²) < 4.78 is 0. The predicted molar refractivity (Wildman–Crippen MR) is 95.0 cm³/mol. The van der Waals surface area contributed by atoms with Crippen LogP contribution in [0.2, 0.25) is 5.02 Å². The number of nitrogens with one attached hydrogen (secondary N) is 2. The third-order valence-electron chi connectivity index (χ3n) is 4.51. The Morgan fingerprint density at radius 2 is 2.17 bits per heavy atom. The molecule has 1 unspecified atom stereocenters. The van der Waals surface area contributed by atoms with E-state index in [1.165, 1.54) is 22.6 Å². The molecule has 5 heteroatoms. The number of carbonyl (C=O) groups is 1. The molecule has 1 aromatic heterocycles. The average molecular weight is 350 g/mol. The van der Waals surface area contributed by atoms with E-state index in [1.54, 1.807) is 11.3 Å². The second kappa shape index (κ2) is 7.47. The number of hydrogen-bond acceptors (Lipinski definition) is 2. The van der Waals surface area contributed by atoms with Crippen LogP contribution in [-0.4, -0.2) is 19.0 Å². The van der Waals surface area contributed by atoms with E-state index in [0.29, 0.717) is 17.6 Å². The summed E-state index contributed by atoms with van der Waals surface area (Å²) in [5.74, 6) is 0.117. The quantitative estimate of drug-likeness (QED) is 0.854. The molecule has 3 rings (SSSR count). The van der Waals surface area contributed by atoms with Gasteiger partial charge in [-0.15, -0.1) is 11.3 Å². The first-order valence-electron chi connectivity index (χ1n) is 8.06. The standard InChI is InChI=1S/C18H21ClN2OS/c1-13(14-6-8-15(19)9-7-14)20-18(22)12-21-10-2-4-16(21)17-5-3-11-23-17/h3,5-9,11,13,16H,2,4,10,12H2,1H3,(H,20,22)/p+1/t13-,16+/m0/s1. The van der Waals surface area contributed by atoms with Crippen LogP contribution >= 0.6 is 22.9 Å². The van der Waals surface area contributed by atoms with Gasteiger partial charge in [-0.3, -0.25) is 4.79 Å². The van der Waals surface area contributed by atoms with Gasteiger partial charge in [0.15, 0.2) is 6.54 Å². The number of rotatable bonds is 5. The zero-order valence-corrected chi connectivity index (χ0v) is 14.8. The molecule has 0 radical (unpaired) electrons. The zero-order chi connectivity index (χ0) is 16.2. The van der Waals surface area contributed by atoms with Gasteiger partial charge in [0.05, 0.1) is 17.5 Å². The van der Waals surface area contributed by atoms with Crippen molar-refractivity contribution < 1.29 is 9.69 Å². The first kappa shape index (κ1) is 16.5. The number of halogens is 1. The largest absolute Gasteiger partial charge is 0.345 e. The van der Waals surface area contributed by atoms with Crippen LogP contribution in [0.1, 0.15) is 42.3 Å². The van der Waals surface area contributed by atoms with E-state index in [2.05, 4.69) is 22.8 Å². The third-order valence-corrected chi connectivity index (χ3v) is 5.74. The van der Waals surface area contributed by atoms with E-state index in [1.807, 2.05) is 31.2 Å². The minimum atomic E-state index is 0.00181. The number of amides is 1. The van der Waals surface area contributed by atoms with Gasteiger partial charge in [-0.1, -0.05) is 29.8 Å². The molecule has 3 atom stereocenters. The first-order valence-corrected chi connectivity index (χ1v) is 9.32. The Kier molecular flexibility index (Phi) is 5.36. The lowest BCUT2D eigenvalue weighted by Gasteiger charge is -2.21. The van der Waals surface area contributed by atoms with Crippen LogP contribution in [0, 0.1) is 0 Å². The van der Waals surface area contributed by atoms with Gasteiger partial charge in [-0.2, -0.15) is 0 Å². The van der Waals surface area contributed by atoms with E-state index in [4.69, 9.17) is 11.6 Å². The molecule has 23 heavy (non-hydrogen) atoms. The van der Waals surface area contributed by atoms with Crippen molar-refractivity contribution in [1.82, 2.24) is 5.32 Å². The van der Waals surface area contributed by atoms with Gasteiger partial charge < -0.3 is 10.2 Å². The second-order valence-corrected chi connectivity index (χ2v) is 7.55. The van der Waals surface area contributed by atoms with Gasteiger partial charge in [0.1, 0.15) is 6.04 Å². The smallest absolute Gasteiger partial charge is 0.275 e. The summed E-state index contributed by atoms with van der Waals surface area (Å²) in [5.41, 5.74) is 1.08. The van der Waals surface area contributed by atoms with Crippen LogP contribution in [0.5, 0.6) is 0 Å². The minimum Gasteiger partial charge on any atom is -0.345 e. The maximum Gasteiger partial charge on any atom is 0.275 e. The lowest BCUT2D eigenvalue weighted by Crippen LogP contribution is -3.11. The van der Waals surface area contributed by atoms with Crippen LogP contribution in [-0.2, 0) is 4.79 Å². The lowest BCUT2D eigenvalue weighted by molar-refractivity contribution is -0.910. The molecule has 1 amide bonds. The van der Waals surface area contributed by atoms with Crippen molar-refractivity contribution in [3.05, 3.63) is 57.2 Å². The number of carbonyl (C=O) groups excluding carboxylic acids is 1. The summed E-state index contributed by atoms with van der Waals surface area (Å²) in [4.78, 5) is 15.2. The molecule has 1 fully saturated rings. The van der Waals surface area contributed by atoms with Gasteiger partial charge in [0, 0.05) is 17.9 Å². The Morgan fingerprint density at radius 1 is 1.39 bits per heavy atom. The number of thiophene rings is 1. The van der Waals surface area contributed by atoms with Crippen LogP contribution in [0.3, 0.4) is 0 Å². The lowest BCUT2D eigenvalue weighted by atomic mass is 10.1. The monoisotopic (exact) mass is 349 g/mol. The summed E-state index contributed by atoms with van der Waals surface area (Å²) in [5, 5.41) is 5.94. The van der Waals surface area contributed by atoms with Crippen molar-refractivity contribution in [2.45, 2.75) is 31.8 Å². The molecule has 0 spiro atoms. The van der Waals surface area contributed by atoms with Gasteiger partial charge in [0.2, 0.25) is 0 Å². The summed E-state index contributed by atoms with van der Waals surface area (Å²) in [6.45, 7) is 3.63. The molecular weight excluding hydrogens is 328 g/mol. The van der Waals surface area contributed by atoms with E-state index >= 15 is 0 Å². The average Bonchev–Trinajstić information content (AvgIpc) is 3.18.